The minimum Gasteiger partial charge on any atom is -0.445 e. The lowest BCUT2D eigenvalue weighted by molar-refractivity contribution is -0.384. The number of hydrogen-bond acceptors (Lipinski definition) is 9. The maximum Gasteiger partial charge on any atom is 0.408 e. The van der Waals surface area contributed by atoms with Crippen LogP contribution < -0.4 is 5.32 Å². The van der Waals surface area contributed by atoms with Gasteiger partial charge < -0.3 is 10.1 Å². The summed E-state index contributed by atoms with van der Waals surface area (Å²) < 4.78 is 5.16. The van der Waals surface area contributed by atoms with Gasteiger partial charge in [0.2, 0.25) is 5.16 Å². The number of non-ortho nitro benzene ring substituents is 1. The molecule has 0 bridgehead atoms. The zero-order valence-electron chi connectivity index (χ0n) is 17.1. The number of nitrogens with one attached hydrogen (secondary N) is 1. The largest absolute Gasteiger partial charge is 0.445 e. The van der Waals surface area contributed by atoms with Crippen molar-refractivity contribution in [2.24, 2.45) is 0 Å². The van der Waals surface area contributed by atoms with Gasteiger partial charge in [-0.1, -0.05) is 37.3 Å². The van der Waals surface area contributed by atoms with Gasteiger partial charge in [0, 0.05) is 17.0 Å². The number of hydrogen-bond donors (Lipinski definition) is 1. The molecule has 0 saturated heterocycles. The van der Waals surface area contributed by atoms with Crippen molar-refractivity contribution in [3.05, 3.63) is 70.3 Å². The summed E-state index contributed by atoms with van der Waals surface area (Å²) in [6.07, 6.45) is -0.312. The second-order valence-electron chi connectivity index (χ2n) is 6.59. The Hall–Kier alpha value is -3.80. The molecule has 0 aliphatic heterocycles. The number of rotatable bonds is 10. The molecule has 0 aliphatic carbocycles. The molecule has 11 nitrogen and oxygen atoms in total. The third-order valence-electron chi connectivity index (χ3n) is 4.29. The van der Waals surface area contributed by atoms with Crippen LogP contribution in [0.5, 0.6) is 0 Å². The third kappa shape index (κ3) is 6.60. The Morgan fingerprint density at radius 2 is 1.91 bits per heavy atom. The number of ether oxygens (including phenoxy) is 1. The summed E-state index contributed by atoms with van der Waals surface area (Å²) in [7, 11) is 0. The topological polar surface area (TPSA) is 142 Å². The number of Topliss-reactive ketones (excluding diaryl/α,β-unsaturated/α-hetero) is 1. The number of ketones is 1. The fourth-order valence-corrected chi connectivity index (χ4v) is 3.34. The molecule has 0 fully saturated rings. The van der Waals surface area contributed by atoms with E-state index in [9.17, 15) is 19.7 Å². The maximum atomic E-state index is 12.6. The van der Waals surface area contributed by atoms with Crippen molar-refractivity contribution in [3.63, 3.8) is 0 Å². The van der Waals surface area contributed by atoms with Gasteiger partial charge in [-0.3, -0.25) is 14.9 Å². The lowest BCUT2D eigenvalue weighted by Gasteiger charge is -2.15. The summed E-state index contributed by atoms with van der Waals surface area (Å²) in [5, 5.41) is 25.4. The molecule has 0 aliphatic rings. The number of alkyl carbamates (subject to hydrolysis) is 1. The minimum absolute atomic E-state index is 0.0167. The normalized spacial score (nSPS) is 11.5. The summed E-state index contributed by atoms with van der Waals surface area (Å²) in [6.45, 7) is 1.70. The molecule has 2 aromatic carbocycles. The van der Waals surface area contributed by atoms with Gasteiger partial charge >= 0.3 is 6.09 Å². The molecule has 0 radical (unpaired) electrons. The number of nitro groups is 1. The van der Waals surface area contributed by atoms with E-state index in [4.69, 9.17) is 4.74 Å². The first-order valence-electron chi connectivity index (χ1n) is 9.64. The molecule has 3 aromatic rings. The standard InChI is InChI=1S/C20H20N6O5S/c1-2-17(21-20(28)31-13-14-6-4-3-5-7-14)18(27)12-25-23-19(22-24-25)32-16-10-8-15(9-11-16)26(29)30/h3-11,17H,2,12-13H2,1H3,(H,21,28). The summed E-state index contributed by atoms with van der Waals surface area (Å²) in [5.74, 6) is -0.298. The van der Waals surface area contributed by atoms with Crippen LogP contribution in [0.25, 0.3) is 0 Å². The lowest BCUT2D eigenvalue weighted by Crippen LogP contribution is -2.42. The highest BCUT2D eigenvalue weighted by Crippen LogP contribution is 2.25. The Kier molecular flexibility index (Phi) is 7.86. The molecule has 1 heterocycles. The average Bonchev–Trinajstić information content (AvgIpc) is 3.23. The van der Waals surface area contributed by atoms with Crippen LogP contribution in [0, 0.1) is 10.1 Å². The molecule has 166 valence electrons. The number of aromatic nitrogens is 4. The second kappa shape index (κ2) is 11.0. The average molecular weight is 456 g/mol. The van der Waals surface area contributed by atoms with Gasteiger partial charge in [-0.25, -0.2) is 4.79 Å². The number of nitro benzene ring substituents is 1. The van der Waals surface area contributed by atoms with E-state index in [1.54, 1.807) is 19.1 Å². The van der Waals surface area contributed by atoms with E-state index in [0.717, 1.165) is 22.1 Å². The van der Waals surface area contributed by atoms with E-state index in [1.807, 2.05) is 30.3 Å². The Balaban J connectivity index is 1.51. The van der Waals surface area contributed by atoms with Crippen LogP contribution in [-0.2, 0) is 22.7 Å². The number of tetrazole rings is 1. The lowest BCUT2D eigenvalue weighted by atomic mass is 10.1. The molecule has 1 amide bonds. The first kappa shape index (κ1) is 22.9. The fourth-order valence-electron chi connectivity index (χ4n) is 2.64. The molecular weight excluding hydrogens is 436 g/mol. The predicted octanol–water partition coefficient (Wildman–Crippen LogP) is 3.01. The van der Waals surface area contributed by atoms with Crippen LogP contribution in [0.4, 0.5) is 10.5 Å². The predicted molar refractivity (Wildman–Crippen MR) is 114 cm³/mol. The summed E-state index contributed by atoms with van der Waals surface area (Å²) in [4.78, 5) is 36.6. The molecule has 1 aromatic heterocycles. The number of carbonyl (C=O) groups is 2. The number of benzene rings is 2. The summed E-state index contributed by atoms with van der Waals surface area (Å²) >= 11 is 1.16. The first-order chi connectivity index (χ1) is 15.4. The monoisotopic (exact) mass is 456 g/mol. The van der Waals surface area contributed by atoms with Crippen LogP contribution >= 0.6 is 11.8 Å². The highest BCUT2D eigenvalue weighted by atomic mass is 32.2. The van der Waals surface area contributed by atoms with Gasteiger partial charge in [-0.15, -0.1) is 10.2 Å². The summed E-state index contributed by atoms with van der Waals surface area (Å²) in [5.41, 5.74) is 0.823. The Bertz CT molecular complexity index is 1070. The van der Waals surface area contributed by atoms with Crippen LogP contribution in [-0.4, -0.2) is 43.0 Å². The van der Waals surface area contributed by atoms with E-state index >= 15 is 0 Å². The van der Waals surface area contributed by atoms with Crippen molar-refractivity contribution < 1.29 is 19.2 Å². The van der Waals surface area contributed by atoms with Crippen molar-refractivity contribution in [2.75, 3.05) is 0 Å². The number of carbonyl (C=O) groups excluding carboxylic acids is 2. The zero-order valence-corrected chi connectivity index (χ0v) is 17.9. The van der Waals surface area contributed by atoms with E-state index < -0.39 is 17.1 Å². The molecule has 1 N–H and O–H groups in total. The van der Waals surface area contributed by atoms with Crippen LogP contribution in [0.1, 0.15) is 18.9 Å². The van der Waals surface area contributed by atoms with Gasteiger partial charge in [0.05, 0.1) is 11.0 Å². The van der Waals surface area contributed by atoms with E-state index in [2.05, 4.69) is 20.7 Å². The van der Waals surface area contributed by atoms with Gasteiger partial charge in [0.15, 0.2) is 5.78 Å². The smallest absolute Gasteiger partial charge is 0.408 e. The summed E-state index contributed by atoms with van der Waals surface area (Å²) in [6, 6.07) is 14.4. The Labute approximate surface area is 187 Å². The van der Waals surface area contributed by atoms with Gasteiger partial charge in [-0.05, 0) is 41.1 Å². The SMILES string of the molecule is CCC(NC(=O)OCc1ccccc1)C(=O)Cn1nnc(Sc2ccc([N+](=O)[O-])cc2)n1. The molecule has 1 atom stereocenters. The van der Waals surface area contributed by atoms with Crippen molar-refractivity contribution >= 4 is 29.3 Å². The second-order valence-corrected chi connectivity index (χ2v) is 7.63. The van der Waals surface area contributed by atoms with Gasteiger partial charge in [0.1, 0.15) is 13.2 Å². The molecule has 32 heavy (non-hydrogen) atoms. The van der Waals surface area contributed by atoms with Crippen molar-refractivity contribution in [1.82, 2.24) is 25.5 Å². The Morgan fingerprint density at radius 1 is 1.19 bits per heavy atom. The number of amides is 1. The minimum atomic E-state index is -0.755. The molecule has 3 rings (SSSR count). The van der Waals surface area contributed by atoms with Crippen molar-refractivity contribution in [2.45, 2.75) is 42.6 Å². The van der Waals surface area contributed by atoms with E-state index in [-0.39, 0.29) is 29.8 Å². The highest BCUT2D eigenvalue weighted by Gasteiger charge is 2.21. The molecule has 1 unspecified atom stereocenters. The quantitative estimate of drug-likeness (QED) is 0.360. The Morgan fingerprint density at radius 3 is 2.56 bits per heavy atom. The maximum absolute atomic E-state index is 12.6. The molecule has 12 heteroatoms. The van der Waals surface area contributed by atoms with Crippen LogP contribution in [0.3, 0.4) is 0 Å². The first-order valence-corrected chi connectivity index (χ1v) is 10.5. The van der Waals surface area contributed by atoms with E-state index in [0.29, 0.717) is 11.3 Å². The van der Waals surface area contributed by atoms with Crippen molar-refractivity contribution in [3.8, 4) is 0 Å². The molecular formula is C20H20N6O5S. The third-order valence-corrected chi connectivity index (χ3v) is 5.14. The van der Waals surface area contributed by atoms with Crippen LogP contribution in [0.15, 0.2) is 64.6 Å². The zero-order chi connectivity index (χ0) is 22.9. The van der Waals surface area contributed by atoms with Crippen LogP contribution in [0.2, 0.25) is 0 Å². The van der Waals surface area contributed by atoms with Crippen molar-refractivity contribution in [1.29, 1.82) is 0 Å². The highest BCUT2D eigenvalue weighted by molar-refractivity contribution is 7.99. The van der Waals surface area contributed by atoms with Gasteiger partial charge in [0.25, 0.3) is 5.69 Å². The fraction of sp³-hybridized carbons (Fsp3) is 0.250. The molecule has 0 saturated carbocycles. The van der Waals surface area contributed by atoms with Gasteiger partial charge in [-0.2, -0.15) is 4.80 Å². The van der Waals surface area contributed by atoms with E-state index in [1.165, 1.54) is 12.1 Å². The number of nitrogens with zero attached hydrogens (tertiary/aromatic N) is 5. The molecule has 0 spiro atoms.